The minimum Gasteiger partial charge on any atom is -0.321 e. The number of pyridine rings is 1. The average molecular weight is 300 g/mol. The molecule has 0 radical (unpaired) electrons. The smallest absolute Gasteiger partial charge is 0.275 e. The summed E-state index contributed by atoms with van der Waals surface area (Å²) >= 11 is 6.05. The second-order valence-electron chi connectivity index (χ2n) is 4.19. The summed E-state index contributed by atoms with van der Waals surface area (Å²) < 4.78 is 1.59. The van der Waals surface area contributed by atoms with Crippen LogP contribution in [0.15, 0.2) is 55.1 Å². The molecule has 1 aromatic carbocycles. The molecule has 104 valence electrons. The number of nitrogens with zero attached hydrogens (tertiary/aromatic N) is 4. The van der Waals surface area contributed by atoms with Gasteiger partial charge < -0.3 is 5.32 Å². The number of hydrogen-bond donors (Lipinski definition) is 1. The largest absolute Gasteiger partial charge is 0.321 e. The Morgan fingerprint density at radius 1 is 1.05 bits per heavy atom. The molecule has 0 aliphatic carbocycles. The normalized spacial score (nSPS) is 10.3. The molecular weight excluding hydrogens is 290 g/mol. The summed E-state index contributed by atoms with van der Waals surface area (Å²) in [6.45, 7) is 0. The van der Waals surface area contributed by atoms with Gasteiger partial charge in [-0.1, -0.05) is 29.8 Å². The molecule has 3 rings (SSSR count). The zero-order valence-electron chi connectivity index (χ0n) is 10.8. The van der Waals surface area contributed by atoms with Crippen LogP contribution < -0.4 is 5.32 Å². The Labute approximate surface area is 125 Å². The summed E-state index contributed by atoms with van der Waals surface area (Å²) in [6.07, 6.45) is 2.99. The highest BCUT2D eigenvalue weighted by molar-refractivity contribution is 6.34. The molecule has 0 atom stereocenters. The second-order valence-corrected chi connectivity index (χ2v) is 4.60. The fourth-order valence-corrected chi connectivity index (χ4v) is 1.96. The van der Waals surface area contributed by atoms with Gasteiger partial charge in [0.25, 0.3) is 5.91 Å². The van der Waals surface area contributed by atoms with Crippen molar-refractivity contribution in [3.63, 3.8) is 0 Å². The van der Waals surface area contributed by atoms with Crippen LogP contribution >= 0.6 is 11.6 Å². The Bertz CT molecular complexity index is 758. The zero-order valence-corrected chi connectivity index (χ0v) is 11.5. The van der Waals surface area contributed by atoms with Crippen LogP contribution in [0.25, 0.3) is 5.82 Å². The molecule has 0 saturated heterocycles. The number of nitrogens with one attached hydrogen (secondary N) is 1. The predicted octanol–water partition coefficient (Wildman–Crippen LogP) is 2.57. The Hall–Kier alpha value is -2.73. The Morgan fingerprint density at radius 2 is 1.76 bits per heavy atom. The van der Waals surface area contributed by atoms with E-state index in [1.165, 1.54) is 12.7 Å². The van der Waals surface area contributed by atoms with Crippen LogP contribution in [0.4, 0.5) is 5.69 Å². The predicted molar refractivity (Wildman–Crippen MR) is 78.6 cm³/mol. The van der Waals surface area contributed by atoms with E-state index >= 15 is 0 Å². The number of carbonyl (C=O) groups excluding carboxylic acids is 1. The van der Waals surface area contributed by atoms with E-state index in [2.05, 4.69) is 20.5 Å². The first-order chi connectivity index (χ1) is 10.2. The summed E-state index contributed by atoms with van der Waals surface area (Å²) in [5.41, 5.74) is 0.821. The SMILES string of the molecule is O=C(Nc1ccccc1)c1nc(-n2cnnc2)ccc1Cl. The molecule has 6 nitrogen and oxygen atoms in total. The van der Waals surface area contributed by atoms with Crippen molar-refractivity contribution in [3.05, 3.63) is 65.8 Å². The molecular formula is C14H10ClN5O. The molecule has 7 heteroatoms. The first-order valence-electron chi connectivity index (χ1n) is 6.12. The molecule has 21 heavy (non-hydrogen) atoms. The Kier molecular flexibility index (Phi) is 3.61. The molecule has 0 unspecified atom stereocenters. The van der Waals surface area contributed by atoms with Crippen LogP contribution in [0.3, 0.4) is 0 Å². The summed E-state index contributed by atoms with van der Waals surface area (Å²) in [6, 6.07) is 12.4. The average Bonchev–Trinajstić information content (AvgIpc) is 3.03. The van der Waals surface area contributed by atoms with Crippen LogP contribution in [-0.4, -0.2) is 25.7 Å². The molecule has 0 fully saturated rings. The maximum atomic E-state index is 12.3. The Balaban J connectivity index is 1.91. The number of aromatic nitrogens is 4. The van der Waals surface area contributed by atoms with Gasteiger partial charge in [0.05, 0.1) is 5.02 Å². The molecule has 0 aliphatic heterocycles. The van der Waals surface area contributed by atoms with E-state index in [-0.39, 0.29) is 16.6 Å². The quantitative estimate of drug-likeness (QED) is 0.806. The van der Waals surface area contributed by atoms with Crippen molar-refractivity contribution >= 4 is 23.2 Å². The van der Waals surface area contributed by atoms with Gasteiger partial charge in [0.15, 0.2) is 0 Å². The van der Waals surface area contributed by atoms with Crippen molar-refractivity contribution in [2.24, 2.45) is 0 Å². The molecule has 1 amide bonds. The van der Waals surface area contributed by atoms with Crippen LogP contribution in [0.1, 0.15) is 10.5 Å². The van der Waals surface area contributed by atoms with Crippen molar-refractivity contribution < 1.29 is 4.79 Å². The van der Waals surface area contributed by atoms with Crippen molar-refractivity contribution in [1.82, 2.24) is 19.7 Å². The highest BCUT2D eigenvalue weighted by Gasteiger charge is 2.14. The highest BCUT2D eigenvalue weighted by Crippen LogP contribution is 2.18. The number of amides is 1. The van der Waals surface area contributed by atoms with Gasteiger partial charge >= 0.3 is 0 Å². The van der Waals surface area contributed by atoms with Crippen molar-refractivity contribution in [3.8, 4) is 5.82 Å². The van der Waals surface area contributed by atoms with Gasteiger partial charge in [0.2, 0.25) is 0 Å². The van der Waals surface area contributed by atoms with Crippen LogP contribution in [0.2, 0.25) is 5.02 Å². The van der Waals surface area contributed by atoms with E-state index in [1.807, 2.05) is 18.2 Å². The lowest BCUT2D eigenvalue weighted by Gasteiger charge is -2.08. The first kappa shape index (κ1) is 13.3. The summed E-state index contributed by atoms with van der Waals surface area (Å²) in [4.78, 5) is 16.5. The molecule has 3 aromatic rings. The number of anilines is 1. The van der Waals surface area contributed by atoms with Crippen molar-refractivity contribution in [2.75, 3.05) is 5.32 Å². The lowest BCUT2D eigenvalue weighted by Crippen LogP contribution is -2.15. The van der Waals surface area contributed by atoms with Gasteiger partial charge in [0, 0.05) is 5.69 Å². The third kappa shape index (κ3) is 2.90. The van der Waals surface area contributed by atoms with Gasteiger partial charge in [-0.15, -0.1) is 10.2 Å². The van der Waals surface area contributed by atoms with E-state index in [9.17, 15) is 4.79 Å². The minimum absolute atomic E-state index is 0.145. The van der Waals surface area contributed by atoms with Crippen molar-refractivity contribution in [2.45, 2.75) is 0 Å². The first-order valence-corrected chi connectivity index (χ1v) is 6.50. The standard InChI is InChI=1S/C14H10ClN5O/c15-11-6-7-12(20-8-16-17-9-20)19-13(11)14(21)18-10-4-2-1-3-5-10/h1-9H,(H,18,21). The lowest BCUT2D eigenvalue weighted by molar-refractivity contribution is 0.102. The molecule has 0 aliphatic rings. The molecule has 0 bridgehead atoms. The van der Waals surface area contributed by atoms with Gasteiger partial charge in [-0.05, 0) is 24.3 Å². The molecule has 0 saturated carbocycles. The van der Waals surface area contributed by atoms with Crippen LogP contribution in [-0.2, 0) is 0 Å². The van der Waals surface area contributed by atoms with E-state index in [0.29, 0.717) is 11.5 Å². The van der Waals surface area contributed by atoms with Gasteiger partial charge in [-0.3, -0.25) is 9.36 Å². The summed E-state index contributed by atoms with van der Waals surface area (Å²) in [5, 5.41) is 10.4. The number of halogens is 1. The number of para-hydroxylation sites is 1. The van der Waals surface area contributed by atoms with Crippen LogP contribution in [0, 0.1) is 0 Å². The lowest BCUT2D eigenvalue weighted by atomic mass is 10.3. The summed E-state index contributed by atoms with van der Waals surface area (Å²) in [7, 11) is 0. The second kappa shape index (κ2) is 5.72. The number of benzene rings is 1. The van der Waals surface area contributed by atoms with E-state index < -0.39 is 0 Å². The fourth-order valence-electron chi connectivity index (χ4n) is 1.77. The third-order valence-corrected chi connectivity index (χ3v) is 3.07. The van der Waals surface area contributed by atoms with E-state index in [4.69, 9.17) is 11.6 Å². The van der Waals surface area contributed by atoms with Gasteiger partial charge in [-0.25, -0.2) is 4.98 Å². The molecule has 0 spiro atoms. The monoisotopic (exact) mass is 299 g/mol. The van der Waals surface area contributed by atoms with E-state index in [0.717, 1.165) is 0 Å². The molecule has 2 heterocycles. The zero-order chi connectivity index (χ0) is 14.7. The number of rotatable bonds is 3. The van der Waals surface area contributed by atoms with Crippen molar-refractivity contribution in [1.29, 1.82) is 0 Å². The summed E-state index contributed by atoms with van der Waals surface area (Å²) in [5.74, 6) is 0.142. The number of carbonyl (C=O) groups is 1. The van der Waals surface area contributed by atoms with Gasteiger partial charge in [0.1, 0.15) is 24.2 Å². The van der Waals surface area contributed by atoms with E-state index in [1.54, 1.807) is 28.8 Å². The maximum Gasteiger partial charge on any atom is 0.275 e. The Morgan fingerprint density at radius 3 is 2.48 bits per heavy atom. The maximum absolute atomic E-state index is 12.3. The highest BCUT2D eigenvalue weighted by atomic mass is 35.5. The molecule has 1 N–H and O–H groups in total. The number of hydrogen-bond acceptors (Lipinski definition) is 4. The van der Waals surface area contributed by atoms with Gasteiger partial charge in [-0.2, -0.15) is 0 Å². The topological polar surface area (TPSA) is 72.7 Å². The minimum atomic E-state index is -0.374. The fraction of sp³-hybridized carbons (Fsp3) is 0. The third-order valence-electron chi connectivity index (χ3n) is 2.76. The van der Waals surface area contributed by atoms with Crippen LogP contribution in [0.5, 0.6) is 0 Å². The molecule has 2 aromatic heterocycles.